The third-order valence-electron chi connectivity index (χ3n) is 2.94. The first-order valence-electron chi connectivity index (χ1n) is 4.61. The second kappa shape index (κ2) is 3.15. The van der Waals surface area contributed by atoms with Crippen molar-refractivity contribution >= 4 is 5.78 Å². The molecule has 0 aromatic rings. The lowest BCUT2D eigenvalue weighted by Gasteiger charge is -2.24. The Kier molecular flexibility index (Phi) is 2.15. The molecule has 2 fully saturated rings. The molecule has 3 nitrogen and oxygen atoms in total. The van der Waals surface area contributed by atoms with Gasteiger partial charge in [-0.25, -0.2) is 0 Å². The third kappa shape index (κ3) is 1.39. The Balaban J connectivity index is 1.98. The summed E-state index contributed by atoms with van der Waals surface area (Å²) in [5.74, 6) is 0.942. The molecule has 2 aliphatic heterocycles. The number of nitrogens with one attached hydrogen (secondary N) is 1. The lowest BCUT2D eigenvalue weighted by atomic mass is 9.94. The van der Waals surface area contributed by atoms with E-state index in [-0.39, 0.29) is 11.8 Å². The van der Waals surface area contributed by atoms with Gasteiger partial charge in [0.15, 0.2) is 0 Å². The summed E-state index contributed by atoms with van der Waals surface area (Å²) in [5.41, 5.74) is 0. The van der Waals surface area contributed by atoms with Gasteiger partial charge in [-0.1, -0.05) is 0 Å². The number of hydrogen-bond acceptors (Lipinski definition) is 3. The number of hydrogen-bond donors (Lipinski definition) is 1. The van der Waals surface area contributed by atoms with Gasteiger partial charge in [0.25, 0.3) is 0 Å². The van der Waals surface area contributed by atoms with Crippen LogP contribution in [0.2, 0.25) is 0 Å². The number of ketones is 1. The van der Waals surface area contributed by atoms with Crippen molar-refractivity contribution in [2.24, 2.45) is 5.92 Å². The van der Waals surface area contributed by atoms with Crippen LogP contribution < -0.4 is 5.32 Å². The fourth-order valence-electron chi connectivity index (χ4n) is 2.16. The zero-order valence-electron chi connectivity index (χ0n) is 7.38. The topological polar surface area (TPSA) is 38.3 Å². The van der Waals surface area contributed by atoms with E-state index < -0.39 is 0 Å². The lowest BCUT2D eigenvalue weighted by Crippen LogP contribution is -2.40. The predicted molar refractivity (Wildman–Crippen MR) is 44.9 cm³/mol. The number of rotatable bonds is 1. The fraction of sp³-hybridized carbons (Fsp3) is 0.889. The molecule has 3 unspecified atom stereocenters. The fourth-order valence-corrected chi connectivity index (χ4v) is 2.16. The van der Waals surface area contributed by atoms with Crippen molar-refractivity contribution in [2.45, 2.75) is 31.8 Å². The summed E-state index contributed by atoms with van der Waals surface area (Å²) in [7, 11) is 0. The largest absolute Gasteiger partial charge is 0.380 e. The predicted octanol–water partition coefficient (Wildman–Crippen LogP) is 0.342. The molecule has 2 heterocycles. The number of carbonyl (C=O) groups excluding carboxylic acids is 1. The van der Waals surface area contributed by atoms with Crippen molar-refractivity contribution in [1.29, 1.82) is 0 Å². The minimum absolute atomic E-state index is 0.0988. The Bertz CT molecular complexity index is 179. The molecular weight excluding hydrogens is 154 g/mol. The molecule has 0 aromatic carbocycles. The molecule has 2 saturated heterocycles. The molecular formula is C9H15NO2. The molecule has 68 valence electrons. The summed E-state index contributed by atoms with van der Waals surface area (Å²) in [5, 5.41) is 3.32. The third-order valence-corrected chi connectivity index (χ3v) is 2.94. The van der Waals surface area contributed by atoms with Gasteiger partial charge < -0.3 is 10.1 Å². The Morgan fingerprint density at radius 2 is 2.42 bits per heavy atom. The van der Waals surface area contributed by atoms with Gasteiger partial charge in [0.05, 0.1) is 12.6 Å². The molecule has 0 spiro atoms. The van der Waals surface area contributed by atoms with E-state index in [0.717, 1.165) is 26.1 Å². The monoisotopic (exact) mass is 169 g/mol. The first-order chi connectivity index (χ1) is 5.77. The minimum Gasteiger partial charge on any atom is -0.380 e. The van der Waals surface area contributed by atoms with Crippen molar-refractivity contribution in [3.8, 4) is 0 Å². The normalized spacial score (nSPS) is 40.9. The SMILES string of the molecule is CC(=O)C1CC2CCOCC2N1. The van der Waals surface area contributed by atoms with E-state index in [9.17, 15) is 4.79 Å². The van der Waals surface area contributed by atoms with Crippen LogP contribution in [0.15, 0.2) is 0 Å². The molecule has 0 aliphatic carbocycles. The van der Waals surface area contributed by atoms with Gasteiger partial charge in [-0.2, -0.15) is 0 Å². The molecule has 2 aliphatic rings. The molecule has 0 amide bonds. The van der Waals surface area contributed by atoms with Crippen LogP contribution in [0.3, 0.4) is 0 Å². The summed E-state index contributed by atoms with van der Waals surface area (Å²) in [6.07, 6.45) is 2.13. The van der Waals surface area contributed by atoms with Crippen LogP contribution >= 0.6 is 0 Å². The Morgan fingerprint density at radius 1 is 1.58 bits per heavy atom. The van der Waals surface area contributed by atoms with E-state index in [4.69, 9.17) is 4.74 Å². The van der Waals surface area contributed by atoms with E-state index in [1.54, 1.807) is 6.92 Å². The average molecular weight is 169 g/mol. The zero-order valence-corrected chi connectivity index (χ0v) is 7.38. The van der Waals surface area contributed by atoms with Gasteiger partial charge in [-0.15, -0.1) is 0 Å². The van der Waals surface area contributed by atoms with Crippen LogP contribution in [0, 0.1) is 5.92 Å². The molecule has 0 bridgehead atoms. The maximum atomic E-state index is 11.1. The Labute approximate surface area is 72.5 Å². The highest BCUT2D eigenvalue weighted by Gasteiger charge is 2.37. The number of ether oxygens (including phenoxy) is 1. The van der Waals surface area contributed by atoms with Crippen LogP contribution in [0.4, 0.5) is 0 Å². The second-order valence-corrected chi connectivity index (χ2v) is 3.80. The summed E-state index contributed by atoms with van der Waals surface area (Å²) < 4.78 is 5.34. The van der Waals surface area contributed by atoms with Gasteiger partial charge in [-0.3, -0.25) is 4.79 Å². The quantitative estimate of drug-likeness (QED) is 0.615. The van der Waals surface area contributed by atoms with Crippen molar-refractivity contribution in [3.63, 3.8) is 0 Å². The molecule has 0 saturated carbocycles. The van der Waals surface area contributed by atoms with Crippen molar-refractivity contribution in [1.82, 2.24) is 5.32 Å². The van der Waals surface area contributed by atoms with Crippen LogP contribution in [-0.4, -0.2) is 31.1 Å². The van der Waals surface area contributed by atoms with Gasteiger partial charge in [0, 0.05) is 12.6 Å². The average Bonchev–Trinajstić information content (AvgIpc) is 2.46. The smallest absolute Gasteiger partial charge is 0.146 e. The van der Waals surface area contributed by atoms with Crippen LogP contribution in [-0.2, 0) is 9.53 Å². The lowest BCUT2D eigenvalue weighted by molar-refractivity contribution is -0.118. The molecule has 0 aromatic heterocycles. The van der Waals surface area contributed by atoms with Gasteiger partial charge >= 0.3 is 0 Å². The highest BCUT2D eigenvalue weighted by molar-refractivity contribution is 5.81. The van der Waals surface area contributed by atoms with E-state index >= 15 is 0 Å². The van der Waals surface area contributed by atoms with E-state index in [0.29, 0.717) is 12.0 Å². The van der Waals surface area contributed by atoms with Gasteiger partial charge in [0.2, 0.25) is 0 Å². The Morgan fingerprint density at radius 3 is 3.08 bits per heavy atom. The molecule has 3 heteroatoms. The standard InChI is InChI=1S/C9H15NO2/c1-6(11)8-4-7-2-3-12-5-9(7)10-8/h7-10H,2-5H2,1H3. The first kappa shape index (κ1) is 8.20. The van der Waals surface area contributed by atoms with Gasteiger partial charge in [0.1, 0.15) is 5.78 Å². The van der Waals surface area contributed by atoms with Crippen LogP contribution in [0.25, 0.3) is 0 Å². The maximum Gasteiger partial charge on any atom is 0.146 e. The Hall–Kier alpha value is -0.410. The second-order valence-electron chi connectivity index (χ2n) is 3.80. The van der Waals surface area contributed by atoms with Gasteiger partial charge in [-0.05, 0) is 25.7 Å². The summed E-state index contributed by atoms with van der Waals surface area (Å²) >= 11 is 0. The van der Waals surface area contributed by atoms with E-state index in [1.807, 2.05) is 0 Å². The van der Waals surface area contributed by atoms with Crippen molar-refractivity contribution in [3.05, 3.63) is 0 Å². The summed E-state index contributed by atoms with van der Waals surface area (Å²) in [6, 6.07) is 0.536. The first-order valence-corrected chi connectivity index (χ1v) is 4.61. The van der Waals surface area contributed by atoms with Crippen molar-refractivity contribution < 1.29 is 9.53 Å². The highest BCUT2D eigenvalue weighted by atomic mass is 16.5. The molecule has 0 radical (unpaired) electrons. The molecule has 1 N–H and O–H groups in total. The minimum atomic E-state index is 0.0988. The number of carbonyl (C=O) groups is 1. The molecule has 12 heavy (non-hydrogen) atoms. The summed E-state index contributed by atoms with van der Waals surface area (Å²) in [6.45, 7) is 3.32. The van der Waals surface area contributed by atoms with Crippen LogP contribution in [0.1, 0.15) is 19.8 Å². The summed E-state index contributed by atoms with van der Waals surface area (Å²) in [4.78, 5) is 11.1. The molecule has 3 atom stereocenters. The number of fused-ring (bicyclic) bond motifs is 1. The molecule has 2 rings (SSSR count). The number of Topliss-reactive ketones (excluding diaryl/α,β-unsaturated/α-hetero) is 1. The highest BCUT2D eigenvalue weighted by Crippen LogP contribution is 2.27. The maximum absolute atomic E-state index is 11.1. The van der Waals surface area contributed by atoms with E-state index in [2.05, 4.69) is 5.32 Å². The van der Waals surface area contributed by atoms with Crippen LogP contribution in [0.5, 0.6) is 0 Å². The van der Waals surface area contributed by atoms with E-state index in [1.165, 1.54) is 0 Å². The zero-order chi connectivity index (χ0) is 8.55. The van der Waals surface area contributed by atoms with Crippen molar-refractivity contribution in [2.75, 3.05) is 13.2 Å².